The van der Waals surface area contributed by atoms with Gasteiger partial charge < -0.3 is 14.2 Å². The molecule has 0 spiro atoms. The van der Waals surface area contributed by atoms with Crippen LogP contribution in [0.25, 0.3) is 0 Å². The topological polar surface area (TPSA) is 27.7 Å². The van der Waals surface area contributed by atoms with E-state index in [-0.39, 0.29) is 6.79 Å². The number of rotatable bonds is 6. The first kappa shape index (κ1) is 10.8. The second-order valence-corrected chi connectivity index (χ2v) is 2.34. The van der Waals surface area contributed by atoms with Crippen molar-refractivity contribution in [2.24, 2.45) is 0 Å². The highest BCUT2D eigenvalue weighted by atomic mass is 32.1. The van der Waals surface area contributed by atoms with E-state index in [0.29, 0.717) is 18.3 Å². The zero-order chi connectivity index (χ0) is 8.53. The third-order valence-corrected chi connectivity index (χ3v) is 1.43. The van der Waals surface area contributed by atoms with Gasteiger partial charge in [-0.2, -0.15) is 0 Å². The Morgan fingerprint density at radius 2 is 2.09 bits per heavy atom. The first-order chi connectivity index (χ1) is 5.31. The molecule has 11 heavy (non-hydrogen) atoms. The maximum absolute atomic E-state index is 5.01. The van der Waals surface area contributed by atoms with Crippen molar-refractivity contribution in [2.75, 3.05) is 27.1 Å². The monoisotopic (exact) mass is 178 g/mol. The maximum atomic E-state index is 5.01. The van der Waals surface area contributed by atoms with Crippen molar-refractivity contribution in [2.45, 2.75) is 13.3 Å². The van der Waals surface area contributed by atoms with Gasteiger partial charge in [-0.15, -0.1) is 0 Å². The van der Waals surface area contributed by atoms with Crippen molar-refractivity contribution in [3.05, 3.63) is 0 Å². The van der Waals surface area contributed by atoms with E-state index in [1.807, 2.05) is 6.92 Å². The minimum atomic E-state index is 0.232. The van der Waals surface area contributed by atoms with Crippen LogP contribution in [0.2, 0.25) is 0 Å². The largest absolute Gasteiger partial charge is 0.461 e. The Hall–Kier alpha value is -0.190. The highest BCUT2D eigenvalue weighted by Gasteiger charge is 1.91. The van der Waals surface area contributed by atoms with Gasteiger partial charge in [0.25, 0.3) is 0 Å². The lowest BCUT2D eigenvalue weighted by Gasteiger charge is -2.05. The average molecular weight is 178 g/mol. The second kappa shape index (κ2) is 7.91. The molecular weight excluding hydrogens is 164 g/mol. The highest BCUT2D eigenvalue weighted by Crippen LogP contribution is 1.88. The predicted octanol–water partition coefficient (Wildman–Crippen LogP) is 1.36. The predicted molar refractivity (Wildman–Crippen MR) is 46.7 cm³/mol. The van der Waals surface area contributed by atoms with Crippen molar-refractivity contribution in [1.29, 1.82) is 0 Å². The molecule has 0 rings (SSSR count). The van der Waals surface area contributed by atoms with E-state index in [2.05, 4.69) is 0 Å². The molecule has 0 aliphatic rings. The van der Waals surface area contributed by atoms with Crippen molar-refractivity contribution >= 4 is 17.3 Å². The molecule has 0 saturated heterocycles. The van der Waals surface area contributed by atoms with Crippen LogP contribution in [0.4, 0.5) is 0 Å². The summed E-state index contributed by atoms with van der Waals surface area (Å²) in [7, 11) is 1.63. The molecule has 0 aromatic heterocycles. The van der Waals surface area contributed by atoms with Crippen LogP contribution in [0.5, 0.6) is 0 Å². The molecule has 0 radical (unpaired) electrons. The van der Waals surface area contributed by atoms with Gasteiger partial charge in [0.1, 0.15) is 0 Å². The summed E-state index contributed by atoms with van der Waals surface area (Å²) in [5.74, 6) is 0. The van der Waals surface area contributed by atoms with Crippen LogP contribution in [0.15, 0.2) is 0 Å². The molecule has 0 saturated carbocycles. The van der Waals surface area contributed by atoms with E-state index < -0.39 is 0 Å². The van der Waals surface area contributed by atoms with E-state index in [9.17, 15) is 0 Å². The summed E-state index contributed by atoms with van der Waals surface area (Å²) >= 11 is 4.80. The zero-order valence-electron chi connectivity index (χ0n) is 6.96. The Bertz CT molecular complexity index is 106. The fourth-order valence-corrected chi connectivity index (χ4v) is 0.459. The van der Waals surface area contributed by atoms with E-state index >= 15 is 0 Å². The minimum absolute atomic E-state index is 0.232. The van der Waals surface area contributed by atoms with Gasteiger partial charge in [0, 0.05) is 13.5 Å². The summed E-state index contributed by atoms with van der Waals surface area (Å²) in [5.41, 5.74) is 0. The molecule has 0 atom stereocenters. The van der Waals surface area contributed by atoms with Crippen LogP contribution >= 0.6 is 12.2 Å². The van der Waals surface area contributed by atoms with Gasteiger partial charge in [-0.3, -0.25) is 0 Å². The normalized spacial score (nSPS) is 9.64. The SMILES string of the molecule is CCC(=S)OCOCCOC. The van der Waals surface area contributed by atoms with Crippen LogP contribution in [0, 0.1) is 0 Å². The van der Waals surface area contributed by atoms with Gasteiger partial charge in [0.05, 0.1) is 13.2 Å². The number of hydrogen-bond donors (Lipinski definition) is 0. The summed E-state index contributed by atoms with van der Waals surface area (Å²) in [4.78, 5) is 0. The van der Waals surface area contributed by atoms with Crippen molar-refractivity contribution < 1.29 is 14.2 Å². The highest BCUT2D eigenvalue weighted by molar-refractivity contribution is 7.80. The van der Waals surface area contributed by atoms with Crippen LogP contribution in [0.3, 0.4) is 0 Å². The summed E-state index contributed by atoms with van der Waals surface area (Å²) in [6.45, 7) is 3.30. The molecule has 0 fully saturated rings. The van der Waals surface area contributed by atoms with Gasteiger partial charge in [0.2, 0.25) is 0 Å². The Morgan fingerprint density at radius 3 is 2.64 bits per heavy atom. The molecule has 0 heterocycles. The van der Waals surface area contributed by atoms with E-state index in [4.69, 9.17) is 26.4 Å². The molecule has 0 unspecified atom stereocenters. The molecule has 3 nitrogen and oxygen atoms in total. The smallest absolute Gasteiger partial charge is 0.189 e. The van der Waals surface area contributed by atoms with Crippen molar-refractivity contribution in [3.8, 4) is 0 Å². The van der Waals surface area contributed by atoms with Crippen LogP contribution in [-0.4, -0.2) is 32.2 Å². The summed E-state index contributed by atoms with van der Waals surface area (Å²) in [5, 5.41) is 0.586. The first-order valence-electron chi connectivity index (χ1n) is 3.53. The van der Waals surface area contributed by atoms with Crippen LogP contribution < -0.4 is 0 Å². The number of ether oxygens (including phenoxy) is 3. The van der Waals surface area contributed by atoms with Crippen molar-refractivity contribution in [1.82, 2.24) is 0 Å². The number of hydrogen-bond acceptors (Lipinski definition) is 4. The Balaban J connectivity index is 2.95. The third-order valence-electron chi connectivity index (χ3n) is 1.02. The molecule has 0 bridgehead atoms. The molecule has 0 aromatic carbocycles. The van der Waals surface area contributed by atoms with Crippen LogP contribution in [0.1, 0.15) is 13.3 Å². The molecule has 0 aromatic rings. The third kappa shape index (κ3) is 7.71. The lowest BCUT2D eigenvalue weighted by Crippen LogP contribution is -2.08. The Kier molecular flexibility index (Phi) is 7.78. The average Bonchev–Trinajstić information content (AvgIpc) is 2.04. The standard InChI is InChI=1S/C7H14O3S/c1-3-7(11)10-6-9-5-4-8-2/h3-6H2,1-2H3. The summed E-state index contributed by atoms with van der Waals surface area (Å²) < 4.78 is 14.8. The number of thiocarbonyl (C=S) groups is 1. The van der Waals surface area contributed by atoms with E-state index in [1.165, 1.54) is 0 Å². The fourth-order valence-electron chi connectivity index (χ4n) is 0.411. The first-order valence-corrected chi connectivity index (χ1v) is 3.94. The summed E-state index contributed by atoms with van der Waals surface area (Å²) in [6.07, 6.45) is 0.753. The zero-order valence-corrected chi connectivity index (χ0v) is 7.78. The molecule has 4 heteroatoms. The maximum Gasteiger partial charge on any atom is 0.189 e. The lowest BCUT2D eigenvalue weighted by atomic mass is 10.5. The Morgan fingerprint density at radius 1 is 1.36 bits per heavy atom. The Labute approximate surface area is 72.6 Å². The summed E-state index contributed by atoms with van der Waals surface area (Å²) in [6, 6.07) is 0. The molecule has 0 amide bonds. The fraction of sp³-hybridized carbons (Fsp3) is 0.857. The lowest BCUT2D eigenvalue weighted by molar-refractivity contribution is -0.0140. The van der Waals surface area contributed by atoms with Gasteiger partial charge in [-0.05, 0) is 12.2 Å². The molecule has 0 N–H and O–H groups in total. The van der Waals surface area contributed by atoms with E-state index in [0.717, 1.165) is 6.42 Å². The molecular formula is C7H14O3S. The minimum Gasteiger partial charge on any atom is -0.461 e. The van der Waals surface area contributed by atoms with Gasteiger partial charge in [0.15, 0.2) is 11.8 Å². The molecule has 0 aliphatic carbocycles. The second-order valence-electron chi connectivity index (χ2n) is 1.89. The van der Waals surface area contributed by atoms with Crippen LogP contribution in [-0.2, 0) is 14.2 Å². The van der Waals surface area contributed by atoms with Gasteiger partial charge in [-0.1, -0.05) is 6.92 Å². The van der Waals surface area contributed by atoms with Gasteiger partial charge in [-0.25, -0.2) is 0 Å². The number of methoxy groups -OCH3 is 1. The van der Waals surface area contributed by atoms with Crippen molar-refractivity contribution in [3.63, 3.8) is 0 Å². The quantitative estimate of drug-likeness (QED) is 0.349. The molecule has 66 valence electrons. The van der Waals surface area contributed by atoms with Gasteiger partial charge >= 0.3 is 0 Å². The molecule has 0 aliphatic heterocycles. The van der Waals surface area contributed by atoms with E-state index in [1.54, 1.807) is 7.11 Å².